The fraction of sp³-hybridized carbons (Fsp3) is 0.667. The van der Waals surface area contributed by atoms with Crippen LogP contribution in [-0.4, -0.2) is 20.1 Å². The van der Waals surface area contributed by atoms with Crippen molar-refractivity contribution in [1.82, 2.24) is 4.72 Å². The molecule has 0 unspecified atom stereocenters. The van der Waals surface area contributed by atoms with E-state index < -0.39 is 10.0 Å². The van der Waals surface area contributed by atoms with Crippen LogP contribution in [0.4, 0.5) is 0 Å². The van der Waals surface area contributed by atoms with Crippen molar-refractivity contribution >= 4 is 21.6 Å². The highest BCUT2D eigenvalue weighted by Gasteiger charge is 2.05. The summed E-state index contributed by atoms with van der Waals surface area (Å²) in [5, 5.41) is 7.85. The second kappa shape index (κ2) is 3.54. The highest BCUT2D eigenvalue weighted by atomic mass is 35.5. The van der Waals surface area contributed by atoms with E-state index in [4.69, 9.17) is 16.9 Å². The van der Waals surface area contributed by atoms with Crippen LogP contribution in [0.2, 0.25) is 0 Å². The normalized spacial score (nSPS) is 10.2. The molecular weight excluding hydrogens is 164 g/mol. The topological polar surface area (TPSA) is 70.0 Å². The summed E-state index contributed by atoms with van der Waals surface area (Å²) in [7, 11) is -3.42. The van der Waals surface area contributed by atoms with E-state index in [0.29, 0.717) is 0 Å². The molecule has 0 bridgehead atoms. The van der Waals surface area contributed by atoms with Crippen LogP contribution in [0.1, 0.15) is 0 Å². The number of sulfonamides is 1. The summed E-state index contributed by atoms with van der Waals surface area (Å²) in [6.07, 6.45) is 1.30. The minimum atomic E-state index is -3.42. The molecule has 0 spiro atoms. The van der Waals surface area contributed by atoms with E-state index in [-0.39, 0.29) is 11.6 Å². The first-order valence-corrected chi connectivity index (χ1v) is 4.25. The van der Waals surface area contributed by atoms with E-state index in [2.05, 4.69) is 0 Å². The third-order valence-electron chi connectivity index (χ3n) is 0.547. The van der Waals surface area contributed by atoms with Gasteiger partial charge < -0.3 is 0 Å². The molecule has 0 amide bonds. The van der Waals surface area contributed by atoms with Crippen molar-refractivity contribution in [3.8, 4) is 6.19 Å². The number of nitrogens with zero attached hydrogens (tertiary/aromatic N) is 1. The van der Waals surface area contributed by atoms with Crippen molar-refractivity contribution in [1.29, 1.82) is 5.26 Å². The van der Waals surface area contributed by atoms with Gasteiger partial charge in [-0.3, -0.25) is 0 Å². The SMILES string of the molecule is N#CNS(=O)(=O)CCCl. The lowest BCUT2D eigenvalue weighted by atomic mass is 11.0. The molecule has 0 rings (SSSR count). The third kappa shape index (κ3) is 4.06. The lowest BCUT2D eigenvalue weighted by Crippen LogP contribution is -2.22. The lowest BCUT2D eigenvalue weighted by molar-refractivity contribution is 0.593. The first kappa shape index (κ1) is 8.53. The van der Waals surface area contributed by atoms with Crippen LogP contribution in [0, 0.1) is 11.5 Å². The summed E-state index contributed by atoms with van der Waals surface area (Å²) >= 11 is 5.09. The zero-order valence-electron chi connectivity index (χ0n) is 4.46. The van der Waals surface area contributed by atoms with Crippen molar-refractivity contribution in [3.63, 3.8) is 0 Å². The largest absolute Gasteiger partial charge is 0.242 e. The molecule has 0 heterocycles. The second-order valence-electron chi connectivity index (χ2n) is 1.22. The number of nitriles is 1. The molecule has 0 aromatic rings. The van der Waals surface area contributed by atoms with Crippen molar-refractivity contribution in [2.45, 2.75) is 0 Å². The van der Waals surface area contributed by atoms with Gasteiger partial charge in [-0.25, -0.2) is 13.1 Å². The second-order valence-corrected chi connectivity index (χ2v) is 3.44. The molecule has 1 N–H and O–H groups in total. The first-order chi connectivity index (χ1) is 4.12. The molecule has 0 aliphatic heterocycles. The van der Waals surface area contributed by atoms with Crippen LogP contribution in [-0.2, 0) is 10.0 Å². The maximum absolute atomic E-state index is 10.4. The molecule has 0 aliphatic rings. The Morgan fingerprint density at radius 2 is 2.22 bits per heavy atom. The van der Waals surface area contributed by atoms with Crippen LogP contribution >= 0.6 is 11.6 Å². The van der Waals surface area contributed by atoms with E-state index in [1.165, 1.54) is 6.19 Å². The quantitative estimate of drug-likeness (QED) is 0.355. The van der Waals surface area contributed by atoms with Crippen molar-refractivity contribution in [2.24, 2.45) is 0 Å². The summed E-state index contributed by atoms with van der Waals surface area (Å²) < 4.78 is 22.4. The number of hydrogen-bond donors (Lipinski definition) is 1. The zero-order chi connectivity index (χ0) is 7.33. The molecule has 9 heavy (non-hydrogen) atoms. The van der Waals surface area contributed by atoms with Gasteiger partial charge in [0.05, 0.1) is 5.75 Å². The van der Waals surface area contributed by atoms with E-state index in [9.17, 15) is 8.42 Å². The maximum Gasteiger partial charge on any atom is 0.242 e. The Kier molecular flexibility index (Phi) is 3.35. The molecule has 6 heteroatoms. The Labute approximate surface area is 58.5 Å². The van der Waals surface area contributed by atoms with Crippen LogP contribution in [0.5, 0.6) is 0 Å². The molecule has 0 saturated carbocycles. The number of nitrogens with one attached hydrogen (secondary N) is 1. The lowest BCUT2D eigenvalue weighted by Gasteiger charge is -1.93. The summed E-state index contributed by atoms with van der Waals surface area (Å²) in [4.78, 5) is 0. The smallest absolute Gasteiger partial charge is 0.219 e. The number of alkyl halides is 1. The van der Waals surface area contributed by atoms with Gasteiger partial charge in [0, 0.05) is 5.88 Å². The Morgan fingerprint density at radius 1 is 1.67 bits per heavy atom. The Bertz CT molecular complexity index is 204. The average molecular weight is 169 g/mol. The molecule has 4 nitrogen and oxygen atoms in total. The minimum Gasteiger partial charge on any atom is -0.219 e. The summed E-state index contributed by atoms with van der Waals surface area (Å²) in [5.74, 6) is -0.223. The van der Waals surface area contributed by atoms with Crippen molar-refractivity contribution in [2.75, 3.05) is 11.6 Å². The molecule has 0 radical (unpaired) electrons. The fourth-order valence-corrected chi connectivity index (χ4v) is 1.28. The van der Waals surface area contributed by atoms with Gasteiger partial charge in [-0.1, -0.05) is 0 Å². The number of rotatable bonds is 3. The van der Waals surface area contributed by atoms with Gasteiger partial charge in [0.25, 0.3) is 0 Å². The predicted molar refractivity (Wildman–Crippen MR) is 33.3 cm³/mol. The number of hydrogen-bond acceptors (Lipinski definition) is 3. The molecule has 0 fully saturated rings. The van der Waals surface area contributed by atoms with Crippen LogP contribution in [0.3, 0.4) is 0 Å². The molecule has 0 aliphatic carbocycles. The van der Waals surface area contributed by atoms with E-state index in [1.54, 1.807) is 4.72 Å². The molecule has 0 saturated heterocycles. The minimum absolute atomic E-state index is 0.00296. The van der Waals surface area contributed by atoms with Gasteiger partial charge in [-0.05, 0) is 0 Å². The van der Waals surface area contributed by atoms with Crippen LogP contribution in [0.25, 0.3) is 0 Å². The summed E-state index contributed by atoms with van der Waals surface area (Å²) in [6, 6.07) is 0. The summed E-state index contributed by atoms with van der Waals surface area (Å²) in [6.45, 7) is 0. The van der Waals surface area contributed by atoms with Gasteiger partial charge in [0.2, 0.25) is 10.0 Å². The Morgan fingerprint density at radius 3 is 2.56 bits per heavy atom. The maximum atomic E-state index is 10.4. The standard InChI is InChI=1S/C3H5ClN2O2S/c4-1-2-9(7,8)6-3-5/h6H,1-2H2. The van der Waals surface area contributed by atoms with Gasteiger partial charge in [-0.15, -0.1) is 11.6 Å². The monoisotopic (exact) mass is 168 g/mol. The summed E-state index contributed by atoms with van der Waals surface area (Å²) in [5.41, 5.74) is 0. The molecule has 0 aromatic heterocycles. The highest BCUT2D eigenvalue weighted by Crippen LogP contribution is 1.83. The van der Waals surface area contributed by atoms with Gasteiger partial charge in [0.15, 0.2) is 6.19 Å². The van der Waals surface area contributed by atoms with E-state index in [0.717, 1.165) is 0 Å². The molecule has 0 atom stereocenters. The molecule has 0 aromatic carbocycles. The fourth-order valence-electron chi connectivity index (χ4n) is 0.222. The van der Waals surface area contributed by atoms with Crippen molar-refractivity contribution < 1.29 is 8.42 Å². The van der Waals surface area contributed by atoms with Gasteiger partial charge >= 0.3 is 0 Å². The van der Waals surface area contributed by atoms with Crippen molar-refractivity contribution in [3.05, 3.63) is 0 Å². The van der Waals surface area contributed by atoms with Gasteiger partial charge in [-0.2, -0.15) is 5.26 Å². The predicted octanol–water partition coefficient (Wildman–Crippen LogP) is -0.374. The third-order valence-corrected chi connectivity index (χ3v) is 2.10. The molecular formula is C3H5ClN2O2S. The molecule has 52 valence electrons. The zero-order valence-corrected chi connectivity index (χ0v) is 6.04. The first-order valence-electron chi connectivity index (χ1n) is 2.07. The van der Waals surface area contributed by atoms with E-state index >= 15 is 0 Å². The Hall–Kier alpha value is -0.470. The Balaban J connectivity index is 3.93. The number of halogens is 1. The van der Waals surface area contributed by atoms with Crippen LogP contribution in [0.15, 0.2) is 0 Å². The van der Waals surface area contributed by atoms with Gasteiger partial charge in [0.1, 0.15) is 0 Å². The average Bonchev–Trinajstić information content (AvgIpc) is 1.64. The van der Waals surface area contributed by atoms with E-state index in [1.807, 2.05) is 0 Å². The highest BCUT2D eigenvalue weighted by molar-refractivity contribution is 7.89. The van der Waals surface area contributed by atoms with Crippen LogP contribution < -0.4 is 4.72 Å².